The number of carbonyl (C=O) groups excluding carboxylic acids is 1. The Morgan fingerprint density at radius 3 is 2.33 bits per heavy atom. The number of rotatable bonds is 8. The summed E-state index contributed by atoms with van der Waals surface area (Å²) in [5.41, 5.74) is 0.364. The van der Waals surface area contributed by atoms with E-state index in [2.05, 4.69) is 4.74 Å². The van der Waals surface area contributed by atoms with Crippen molar-refractivity contribution < 1.29 is 27.9 Å². The van der Waals surface area contributed by atoms with Crippen LogP contribution in [0.15, 0.2) is 30.3 Å². The molecule has 8 heteroatoms. The van der Waals surface area contributed by atoms with Crippen LogP contribution in [0.2, 0.25) is 0 Å². The molecule has 0 aliphatic heterocycles. The van der Waals surface area contributed by atoms with Crippen LogP contribution >= 0.6 is 0 Å². The van der Waals surface area contributed by atoms with Crippen molar-refractivity contribution in [2.75, 3.05) is 23.7 Å². The van der Waals surface area contributed by atoms with Crippen LogP contribution in [-0.4, -0.2) is 44.9 Å². The van der Waals surface area contributed by atoms with E-state index in [1.165, 1.54) is 7.11 Å². The number of nitrogens with zero attached hydrogens (tertiary/aromatic N) is 1. The monoisotopic (exact) mass is 315 g/mol. The number of carboxylic acids is 1. The molecule has 0 amide bonds. The van der Waals surface area contributed by atoms with Crippen molar-refractivity contribution in [2.45, 2.75) is 12.8 Å². The van der Waals surface area contributed by atoms with E-state index in [1.807, 2.05) is 0 Å². The minimum atomic E-state index is -3.81. The second kappa shape index (κ2) is 7.63. The van der Waals surface area contributed by atoms with Gasteiger partial charge in [-0.2, -0.15) is 0 Å². The van der Waals surface area contributed by atoms with Gasteiger partial charge in [-0.25, -0.2) is 8.42 Å². The molecule has 0 saturated heterocycles. The molecule has 0 aromatic heterocycles. The Labute approximate surface area is 123 Å². The van der Waals surface area contributed by atoms with Gasteiger partial charge in [0.1, 0.15) is 0 Å². The summed E-state index contributed by atoms with van der Waals surface area (Å²) in [7, 11) is -2.63. The van der Waals surface area contributed by atoms with Crippen LogP contribution < -0.4 is 4.31 Å². The number of methoxy groups -OCH3 is 1. The van der Waals surface area contributed by atoms with E-state index in [4.69, 9.17) is 5.11 Å². The Morgan fingerprint density at radius 1 is 1.19 bits per heavy atom. The molecule has 21 heavy (non-hydrogen) atoms. The number of hydrogen-bond donors (Lipinski definition) is 1. The number of ether oxygens (including phenoxy) is 1. The van der Waals surface area contributed by atoms with Crippen LogP contribution in [0, 0.1) is 0 Å². The first-order chi connectivity index (χ1) is 9.86. The van der Waals surface area contributed by atoms with Crippen molar-refractivity contribution in [3.8, 4) is 0 Å². The van der Waals surface area contributed by atoms with E-state index in [0.29, 0.717) is 5.69 Å². The summed E-state index contributed by atoms with van der Waals surface area (Å²) in [5, 5.41) is 8.74. The molecule has 0 saturated carbocycles. The first-order valence-corrected chi connectivity index (χ1v) is 7.82. The molecule has 0 bridgehead atoms. The predicted octanol–water partition coefficient (Wildman–Crippen LogP) is 0.861. The van der Waals surface area contributed by atoms with Gasteiger partial charge in [0.25, 0.3) is 0 Å². The van der Waals surface area contributed by atoms with Crippen molar-refractivity contribution in [3.63, 3.8) is 0 Å². The van der Waals surface area contributed by atoms with Crippen LogP contribution in [0.25, 0.3) is 0 Å². The molecule has 0 aliphatic carbocycles. The lowest BCUT2D eigenvalue weighted by atomic mass is 10.3. The van der Waals surface area contributed by atoms with Gasteiger partial charge in [-0.1, -0.05) is 18.2 Å². The maximum atomic E-state index is 12.3. The first kappa shape index (κ1) is 17.0. The topological polar surface area (TPSA) is 101 Å². The SMILES string of the molecule is COC(=O)CCS(=O)(=O)N(CCC(=O)O)c1ccccc1. The Kier molecular flexibility index (Phi) is 6.16. The molecule has 1 N–H and O–H groups in total. The number of sulfonamides is 1. The molecule has 0 unspecified atom stereocenters. The molecule has 1 aromatic rings. The Morgan fingerprint density at radius 2 is 1.81 bits per heavy atom. The second-order valence-electron chi connectivity index (χ2n) is 4.19. The lowest BCUT2D eigenvalue weighted by molar-refractivity contribution is -0.140. The molecular formula is C13H17NO6S. The van der Waals surface area contributed by atoms with Crippen LogP contribution in [0.1, 0.15) is 12.8 Å². The number of carbonyl (C=O) groups is 2. The van der Waals surface area contributed by atoms with E-state index in [-0.39, 0.29) is 19.4 Å². The summed E-state index contributed by atoms with van der Waals surface area (Å²) in [6.45, 7) is -0.192. The highest BCUT2D eigenvalue weighted by molar-refractivity contribution is 7.92. The van der Waals surface area contributed by atoms with E-state index in [0.717, 1.165) is 4.31 Å². The van der Waals surface area contributed by atoms with Gasteiger partial charge >= 0.3 is 11.9 Å². The smallest absolute Gasteiger partial charge is 0.306 e. The van der Waals surface area contributed by atoms with Crippen LogP contribution in [-0.2, 0) is 24.3 Å². The number of para-hydroxylation sites is 1. The third-order valence-electron chi connectivity index (χ3n) is 2.70. The van der Waals surface area contributed by atoms with Crippen molar-refractivity contribution in [2.24, 2.45) is 0 Å². The van der Waals surface area contributed by atoms with E-state index >= 15 is 0 Å². The predicted molar refractivity (Wildman–Crippen MR) is 76.5 cm³/mol. The van der Waals surface area contributed by atoms with Gasteiger partial charge in [0, 0.05) is 6.54 Å². The second-order valence-corrected chi connectivity index (χ2v) is 6.21. The van der Waals surface area contributed by atoms with E-state index < -0.39 is 27.7 Å². The molecule has 116 valence electrons. The minimum Gasteiger partial charge on any atom is -0.481 e. The van der Waals surface area contributed by atoms with Crippen LogP contribution in [0.5, 0.6) is 0 Å². The van der Waals surface area contributed by atoms with Gasteiger partial charge in [-0.3, -0.25) is 13.9 Å². The van der Waals surface area contributed by atoms with Crippen molar-refractivity contribution in [3.05, 3.63) is 30.3 Å². The lowest BCUT2D eigenvalue weighted by Crippen LogP contribution is -2.35. The molecule has 1 aromatic carbocycles. The highest BCUT2D eigenvalue weighted by Gasteiger charge is 2.24. The Balaban J connectivity index is 2.94. The molecule has 0 atom stereocenters. The molecule has 0 aliphatic rings. The summed E-state index contributed by atoms with van der Waals surface area (Å²) in [6, 6.07) is 8.16. The fourth-order valence-electron chi connectivity index (χ4n) is 1.64. The van der Waals surface area contributed by atoms with Gasteiger partial charge < -0.3 is 9.84 Å². The number of carboxylic acid groups (broad SMARTS) is 1. The minimum absolute atomic E-state index is 0.192. The quantitative estimate of drug-likeness (QED) is 0.714. The zero-order valence-electron chi connectivity index (χ0n) is 11.6. The largest absolute Gasteiger partial charge is 0.481 e. The number of esters is 1. The maximum Gasteiger partial charge on any atom is 0.306 e. The molecule has 0 radical (unpaired) electrons. The Hall–Kier alpha value is -2.09. The number of anilines is 1. The normalized spacial score (nSPS) is 10.9. The summed E-state index contributed by atoms with van der Waals surface area (Å²) in [6.07, 6.45) is -0.610. The van der Waals surface area contributed by atoms with Crippen LogP contribution in [0.3, 0.4) is 0 Å². The molecule has 0 fully saturated rings. The lowest BCUT2D eigenvalue weighted by Gasteiger charge is -2.23. The highest BCUT2D eigenvalue weighted by Crippen LogP contribution is 2.19. The first-order valence-electron chi connectivity index (χ1n) is 6.21. The number of aliphatic carboxylic acids is 1. The van der Waals surface area contributed by atoms with E-state index in [1.54, 1.807) is 30.3 Å². The summed E-state index contributed by atoms with van der Waals surface area (Å²) >= 11 is 0. The van der Waals surface area contributed by atoms with Gasteiger partial charge in [0.2, 0.25) is 10.0 Å². The maximum absolute atomic E-state index is 12.3. The zero-order valence-corrected chi connectivity index (χ0v) is 12.4. The average Bonchev–Trinajstić information content (AvgIpc) is 2.45. The molecule has 0 spiro atoms. The third-order valence-corrected chi connectivity index (χ3v) is 4.49. The molecular weight excluding hydrogens is 298 g/mol. The van der Waals surface area contributed by atoms with Crippen LogP contribution in [0.4, 0.5) is 5.69 Å². The molecule has 7 nitrogen and oxygen atoms in total. The van der Waals surface area contributed by atoms with Gasteiger partial charge in [-0.05, 0) is 12.1 Å². The van der Waals surface area contributed by atoms with Gasteiger partial charge in [0.05, 0.1) is 31.4 Å². The number of hydrogen-bond acceptors (Lipinski definition) is 5. The van der Waals surface area contributed by atoms with Crippen molar-refractivity contribution in [1.82, 2.24) is 0 Å². The summed E-state index contributed by atoms with van der Waals surface area (Å²) in [5.74, 6) is -2.17. The van der Waals surface area contributed by atoms with Crippen molar-refractivity contribution in [1.29, 1.82) is 0 Å². The van der Waals surface area contributed by atoms with Gasteiger partial charge in [-0.15, -0.1) is 0 Å². The standard InChI is InChI=1S/C13H17NO6S/c1-20-13(17)8-10-21(18,19)14(9-7-12(15)16)11-5-3-2-4-6-11/h2-6H,7-10H2,1H3,(H,15,16). The van der Waals surface area contributed by atoms with Gasteiger partial charge in [0.15, 0.2) is 0 Å². The summed E-state index contributed by atoms with van der Waals surface area (Å²) in [4.78, 5) is 21.8. The fraction of sp³-hybridized carbons (Fsp3) is 0.385. The average molecular weight is 315 g/mol. The van der Waals surface area contributed by atoms with E-state index in [9.17, 15) is 18.0 Å². The zero-order chi connectivity index (χ0) is 15.9. The number of benzene rings is 1. The Bertz CT molecular complexity index is 584. The molecule has 0 heterocycles. The third kappa shape index (κ3) is 5.42. The summed E-state index contributed by atoms with van der Waals surface area (Å²) < 4.78 is 30.0. The fourth-order valence-corrected chi connectivity index (χ4v) is 3.10. The van der Waals surface area contributed by atoms with Crippen molar-refractivity contribution >= 4 is 27.6 Å². The highest BCUT2D eigenvalue weighted by atomic mass is 32.2. The molecule has 1 rings (SSSR count).